The summed E-state index contributed by atoms with van der Waals surface area (Å²) >= 11 is 0. The first-order valence-electron chi connectivity index (χ1n) is 10.3. The van der Waals surface area contributed by atoms with Crippen molar-refractivity contribution in [1.82, 2.24) is 14.3 Å². The molecule has 2 aromatic carbocycles. The van der Waals surface area contributed by atoms with Gasteiger partial charge in [0.15, 0.2) is 0 Å². The van der Waals surface area contributed by atoms with Gasteiger partial charge in [0.25, 0.3) is 5.56 Å². The number of ether oxygens (including phenoxy) is 1. The molecule has 1 saturated heterocycles. The van der Waals surface area contributed by atoms with E-state index in [1.54, 1.807) is 10.8 Å². The van der Waals surface area contributed by atoms with Crippen LogP contribution in [0.1, 0.15) is 35.8 Å². The third-order valence-corrected chi connectivity index (χ3v) is 5.49. The Labute approximate surface area is 179 Å². The van der Waals surface area contributed by atoms with Gasteiger partial charge in [-0.1, -0.05) is 42.2 Å². The molecule has 0 saturated carbocycles. The zero-order valence-electron chi connectivity index (χ0n) is 17.2. The van der Waals surface area contributed by atoms with Crippen molar-refractivity contribution in [3.05, 3.63) is 94.2 Å². The molecule has 1 fully saturated rings. The topological polar surface area (TPSA) is 75.1 Å². The quantitative estimate of drug-likeness (QED) is 0.527. The number of benzene rings is 2. The maximum absolute atomic E-state index is 13.6. The summed E-state index contributed by atoms with van der Waals surface area (Å²) in [5, 5.41) is 5.79. The first kappa shape index (κ1) is 19.3. The van der Waals surface area contributed by atoms with Gasteiger partial charge in [-0.25, -0.2) is 0 Å². The molecule has 1 aliphatic heterocycles. The van der Waals surface area contributed by atoms with Crippen LogP contribution in [-0.2, 0) is 4.74 Å². The van der Waals surface area contributed by atoms with E-state index in [1.807, 2.05) is 72.4 Å². The van der Waals surface area contributed by atoms with Crippen LogP contribution in [0.15, 0.2) is 71.8 Å². The highest BCUT2D eigenvalue weighted by atomic mass is 16.5. The van der Waals surface area contributed by atoms with Crippen LogP contribution in [0.25, 0.3) is 16.5 Å². The van der Waals surface area contributed by atoms with Gasteiger partial charge in [-0.15, -0.1) is 0 Å². The molecule has 4 aromatic rings. The Hall–Kier alpha value is -3.66. The van der Waals surface area contributed by atoms with Gasteiger partial charge in [0.05, 0.1) is 36.4 Å². The van der Waals surface area contributed by atoms with E-state index in [0.29, 0.717) is 24.2 Å². The molecule has 0 aliphatic carbocycles. The normalized spacial score (nSPS) is 14.6. The maximum Gasteiger partial charge on any atom is 0.264 e. The third-order valence-electron chi connectivity index (χ3n) is 5.49. The minimum atomic E-state index is -0.298. The van der Waals surface area contributed by atoms with Gasteiger partial charge in [0, 0.05) is 29.2 Å². The molecule has 2 aromatic heterocycles. The van der Waals surface area contributed by atoms with Gasteiger partial charge in [0.2, 0.25) is 0 Å². The van der Waals surface area contributed by atoms with E-state index in [-0.39, 0.29) is 17.6 Å². The largest absolute Gasteiger partial charge is 0.377 e. The summed E-state index contributed by atoms with van der Waals surface area (Å²) in [5.74, 6) is 6.33. The Morgan fingerprint density at radius 3 is 2.65 bits per heavy atom. The molecule has 5 rings (SSSR count). The molecule has 1 aliphatic rings. The molecule has 0 spiro atoms. The van der Waals surface area contributed by atoms with E-state index in [2.05, 4.69) is 16.9 Å². The maximum atomic E-state index is 13.6. The SMILES string of the molecule is CC(N)c1cc2cccc(C#Cc3cnn(C4COC4)c3)c2c(=O)n1-c1ccccc1. The van der Waals surface area contributed by atoms with Crippen LogP contribution < -0.4 is 11.3 Å². The molecule has 154 valence electrons. The first-order valence-corrected chi connectivity index (χ1v) is 10.3. The van der Waals surface area contributed by atoms with Gasteiger partial charge >= 0.3 is 0 Å². The summed E-state index contributed by atoms with van der Waals surface area (Å²) < 4.78 is 8.79. The molecule has 1 unspecified atom stereocenters. The molecule has 6 heteroatoms. The van der Waals surface area contributed by atoms with Crippen molar-refractivity contribution in [3.63, 3.8) is 0 Å². The van der Waals surface area contributed by atoms with Gasteiger partial charge in [-0.2, -0.15) is 5.10 Å². The minimum Gasteiger partial charge on any atom is -0.377 e. The monoisotopic (exact) mass is 410 g/mol. The summed E-state index contributed by atoms with van der Waals surface area (Å²) in [6.07, 6.45) is 3.66. The summed E-state index contributed by atoms with van der Waals surface area (Å²) in [6.45, 7) is 3.24. The van der Waals surface area contributed by atoms with Crippen molar-refractivity contribution in [3.8, 4) is 17.5 Å². The first-order chi connectivity index (χ1) is 15.1. The lowest BCUT2D eigenvalue weighted by Gasteiger charge is -2.25. The highest BCUT2D eigenvalue weighted by molar-refractivity contribution is 5.88. The van der Waals surface area contributed by atoms with E-state index >= 15 is 0 Å². The molecule has 31 heavy (non-hydrogen) atoms. The van der Waals surface area contributed by atoms with Crippen molar-refractivity contribution in [2.75, 3.05) is 13.2 Å². The van der Waals surface area contributed by atoms with Crippen LogP contribution in [0.4, 0.5) is 0 Å². The van der Waals surface area contributed by atoms with Crippen LogP contribution in [0, 0.1) is 11.8 Å². The summed E-state index contributed by atoms with van der Waals surface area (Å²) in [4.78, 5) is 13.6. The third kappa shape index (κ3) is 3.55. The number of fused-ring (bicyclic) bond motifs is 1. The second-order valence-corrected chi connectivity index (χ2v) is 7.75. The van der Waals surface area contributed by atoms with Crippen molar-refractivity contribution >= 4 is 10.8 Å². The lowest BCUT2D eigenvalue weighted by molar-refractivity contribution is -0.0286. The molecule has 0 amide bonds. The molecule has 2 N–H and O–H groups in total. The number of nitrogens with zero attached hydrogens (tertiary/aromatic N) is 3. The van der Waals surface area contributed by atoms with Gasteiger partial charge in [-0.05, 0) is 36.6 Å². The molecule has 6 nitrogen and oxygen atoms in total. The van der Waals surface area contributed by atoms with Crippen LogP contribution in [0.3, 0.4) is 0 Å². The Balaban J connectivity index is 1.65. The van der Waals surface area contributed by atoms with Crippen LogP contribution in [0.5, 0.6) is 0 Å². The van der Waals surface area contributed by atoms with E-state index in [0.717, 1.165) is 22.3 Å². The number of aromatic nitrogens is 3. The smallest absolute Gasteiger partial charge is 0.264 e. The van der Waals surface area contributed by atoms with Gasteiger partial charge in [-0.3, -0.25) is 14.0 Å². The summed E-state index contributed by atoms with van der Waals surface area (Å²) in [6, 6.07) is 17.2. The van der Waals surface area contributed by atoms with Gasteiger partial charge < -0.3 is 10.5 Å². The number of hydrogen-bond acceptors (Lipinski definition) is 4. The number of nitrogens with two attached hydrogens (primary N) is 1. The number of rotatable bonds is 3. The van der Waals surface area contributed by atoms with Crippen molar-refractivity contribution in [1.29, 1.82) is 0 Å². The lowest BCUT2D eigenvalue weighted by Crippen LogP contribution is -2.30. The number of para-hydroxylation sites is 1. The summed E-state index contributed by atoms with van der Waals surface area (Å²) in [5.41, 5.74) is 9.14. The lowest BCUT2D eigenvalue weighted by atomic mass is 10.0. The Bertz CT molecular complexity index is 1370. The standard InChI is InChI=1S/C25H22N4O2/c1-17(26)23-12-20-7-5-6-19(11-10-18-13-27-28(14-18)22-15-31-16-22)24(20)25(30)29(23)21-8-3-2-4-9-21/h2-9,12-14,17,22H,15-16,26H2,1H3. The molecular formula is C25H22N4O2. The summed E-state index contributed by atoms with van der Waals surface area (Å²) in [7, 11) is 0. The average Bonchev–Trinajstić information content (AvgIpc) is 3.19. The molecule has 1 atom stereocenters. The fourth-order valence-corrected chi connectivity index (χ4v) is 3.78. The highest BCUT2D eigenvalue weighted by Gasteiger charge is 2.20. The second-order valence-electron chi connectivity index (χ2n) is 7.75. The second kappa shape index (κ2) is 7.88. The number of hydrogen-bond donors (Lipinski definition) is 1. The highest BCUT2D eigenvalue weighted by Crippen LogP contribution is 2.22. The van der Waals surface area contributed by atoms with Crippen LogP contribution in [-0.4, -0.2) is 27.6 Å². The van der Waals surface area contributed by atoms with E-state index in [4.69, 9.17) is 10.5 Å². The zero-order valence-corrected chi connectivity index (χ0v) is 17.2. The fraction of sp³-hybridized carbons (Fsp3) is 0.200. The van der Waals surface area contributed by atoms with Crippen LogP contribution in [0.2, 0.25) is 0 Å². The van der Waals surface area contributed by atoms with Crippen molar-refractivity contribution in [2.45, 2.75) is 19.0 Å². The molecule has 0 radical (unpaired) electrons. The predicted molar refractivity (Wildman–Crippen MR) is 120 cm³/mol. The zero-order chi connectivity index (χ0) is 21.4. The average molecular weight is 410 g/mol. The predicted octanol–water partition coefficient (Wildman–Crippen LogP) is 3.18. The number of pyridine rings is 1. The van der Waals surface area contributed by atoms with E-state index in [1.165, 1.54) is 0 Å². The molecule has 0 bridgehead atoms. The molecule has 3 heterocycles. The van der Waals surface area contributed by atoms with Crippen LogP contribution >= 0.6 is 0 Å². The fourth-order valence-electron chi connectivity index (χ4n) is 3.78. The molecular weight excluding hydrogens is 388 g/mol. The van der Waals surface area contributed by atoms with Crippen molar-refractivity contribution < 1.29 is 4.74 Å². The van der Waals surface area contributed by atoms with Gasteiger partial charge in [0.1, 0.15) is 0 Å². The minimum absolute atomic E-state index is 0.122. The Kier molecular flexibility index (Phi) is 4.91. The van der Waals surface area contributed by atoms with E-state index < -0.39 is 0 Å². The Morgan fingerprint density at radius 2 is 1.94 bits per heavy atom. The van der Waals surface area contributed by atoms with E-state index in [9.17, 15) is 4.79 Å². The van der Waals surface area contributed by atoms with Crippen molar-refractivity contribution in [2.24, 2.45) is 5.73 Å². The Morgan fingerprint density at radius 1 is 1.13 bits per heavy atom.